The van der Waals surface area contributed by atoms with Crippen molar-refractivity contribution < 1.29 is 41.0 Å². The summed E-state index contributed by atoms with van der Waals surface area (Å²) in [6.45, 7) is 1.55. The summed E-state index contributed by atoms with van der Waals surface area (Å²) < 4.78 is 75.5. The zero-order valence-electron chi connectivity index (χ0n) is 11.5. The molecule has 0 unspecified atom stereocenters. The van der Waals surface area contributed by atoms with Gasteiger partial charge in [0.15, 0.2) is 5.75 Å². The van der Waals surface area contributed by atoms with Crippen LogP contribution in [0.2, 0.25) is 0 Å². The molecule has 0 aliphatic rings. The Morgan fingerprint density at radius 3 is 2.45 bits per heavy atom. The second-order valence-corrected chi connectivity index (χ2v) is 3.87. The summed E-state index contributed by atoms with van der Waals surface area (Å²) in [5.74, 6) is -2.86. The molecule has 0 amide bonds. The van der Waals surface area contributed by atoms with Gasteiger partial charge >= 0.3 is 12.3 Å². The van der Waals surface area contributed by atoms with Crippen molar-refractivity contribution in [2.24, 2.45) is 0 Å². The van der Waals surface area contributed by atoms with Crippen LogP contribution in [0, 0.1) is 0 Å². The molecule has 5 nitrogen and oxygen atoms in total. The first-order valence-corrected chi connectivity index (χ1v) is 5.95. The highest BCUT2D eigenvalue weighted by Gasteiger charge is 2.35. The highest BCUT2D eigenvalue weighted by Crippen LogP contribution is 2.38. The molecule has 1 rings (SSSR count). The zero-order valence-corrected chi connectivity index (χ0v) is 11.5. The van der Waals surface area contributed by atoms with Crippen molar-refractivity contribution in [3.63, 3.8) is 0 Å². The fourth-order valence-electron chi connectivity index (χ4n) is 1.58. The van der Waals surface area contributed by atoms with E-state index in [1.165, 1.54) is 6.92 Å². The fraction of sp³-hybridized carbons (Fsp3) is 0.500. The van der Waals surface area contributed by atoms with Crippen molar-refractivity contribution in [3.05, 3.63) is 17.3 Å². The van der Waals surface area contributed by atoms with E-state index in [4.69, 9.17) is 0 Å². The molecule has 0 spiro atoms. The molecule has 10 heteroatoms. The van der Waals surface area contributed by atoms with Gasteiger partial charge in [0.1, 0.15) is 0 Å². The molecule has 124 valence electrons. The average Bonchev–Trinajstić information content (AvgIpc) is 2.36. The maximum absolute atomic E-state index is 12.9. The van der Waals surface area contributed by atoms with E-state index >= 15 is 0 Å². The summed E-state index contributed by atoms with van der Waals surface area (Å²) in [5, 5.41) is 0. The Kier molecular flexibility index (Phi) is 5.89. The molecule has 1 aromatic heterocycles. The second-order valence-electron chi connectivity index (χ2n) is 3.87. The lowest BCUT2D eigenvalue weighted by Crippen LogP contribution is -2.20. The maximum Gasteiger partial charge on any atom is 0.574 e. The standard InChI is InChI=1S/C12H12F5NO4/c1-3-21-8(19)5-6-4-7(10(13)14)9(20-2)11(18-6)22-12(15,16)17/h4,10H,3,5H2,1-2H3. The summed E-state index contributed by atoms with van der Waals surface area (Å²) >= 11 is 0. The third-order valence-corrected chi connectivity index (χ3v) is 2.31. The van der Waals surface area contributed by atoms with Gasteiger partial charge in [-0.05, 0) is 13.0 Å². The lowest BCUT2D eigenvalue weighted by atomic mass is 10.1. The molecule has 1 aromatic rings. The number of nitrogens with zero attached hydrogens (tertiary/aromatic N) is 1. The zero-order chi connectivity index (χ0) is 16.9. The van der Waals surface area contributed by atoms with E-state index in [0.29, 0.717) is 0 Å². The van der Waals surface area contributed by atoms with Gasteiger partial charge in [0.05, 0.1) is 31.4 Å². The number of methoxy groups -OCH3 is 1. The van der Waals surface area contributed by atoms with Crippen molar-refractivity contribution in [3.8, 4) is 11.6 Å². The molecule has 0 aromatic carbocycles. The predicted octanol–water partition coefficient (Wildman–Crippen LogP) is 3.03. The number of hydrogen-bond acceptors (Lipinski definition) is 5. The summed E-state index contributed by atoms with van der Waals surface area (Å²) in [6.07, 6.45) is -8.87. The predicted molar refractivity (Wildman–Crippen MR) is 62.8 cm³/mol. The molecule has 0 saturated heterocycles. The summed E-state index contributed by atoms with van der Waals surface area (Å²) in [5.41, 5.74) is -1.22. The molecular weight excluding hydrogens is 317 g/mol. The van der Waals surface area contributed by atoms with Gasteiger partial charge in [0, 0.05) is 0 Å². The van der Waals surface area contributed by atoms with E-state index in [1.807, 2.05) is 0 Å². The molecule has 0 aliphatic heterocycles. The van der Waals surface area contributed by atoms with Crippen LogP contribution in [0.25, 0.3) is 0 Å². The highest BCUT2D eigenvalue weighted by atomic mass is 19.4. The Morgan fingerprint density at radius 2 is 2.00 bits per heavy atom. The molecule has 0 atom stereocenters. The maximum atomic E-state index is 12.9. The van der Waals surface area contributed by atoms with Gasteiger partial charge in [0.2, 0.25) is 0 Å². The van der Waals surface area contributed by atoms with Gasteiger partial charge in [-0.15, -0.1) is 13.2 Å². The number of alkyl halides is 5. The quantitative estimate of drug-likeness (QED) is 0.593. The van der Waals surface area contributed by atoms with E-state index in [2.05, 4.69) is 19.2 Å². The van der Waals surface area contributed by atoms with E-state index in [-0.39, 0.29) is 12.3 Å². The first-order valence-electron chi connectivity index (χ1n) is 5.95. The van der Waals surface area contributed by atoms with Crippen LogP contribution >= 0.6 is 0 Å². The lowest BCUT2D eigenvalue weighted by molar-refractivity contribution is -0.276. The number of rotatable bonds is 6. The minimum Gasteiger partial charge on any atom is -0.491 e. The van der Waals surface area contributed by atoms with Crippen LogP contribution in [0.5, 0.6) is 11.6 Å². The Labute approximate surface area is 122 Å². The Hall–Kier alpha value is -2.13. The number of ether oxygens (including phenoxy) is 3. The van der Waals surface area contributed by atoms with Crippen LogP contribution < -0.4 is 9.47 Å². The normalized spacial score (nSPS) is 11.5. The van der Waals surface area contributed by atoms with Gasteiger partial charge < -0.3 is 14.2 Å². The third-order valence-electron chi connectivity index (χ3n) is 2.31. The van der Waals surface area contributed by atoms with Gasteiger partial charge in [-0.2, -0.15) is 0 Å². The van der Waals surface area contributed by atoms with E-state index < -0.39 is 42.4 Å². The molecule has 0 aliphatic carbocycles. The van der Waals surface area contributed by atoms with Crippen LogP contribution in [-0.4, -0.2) is 31.0 Å². The average molecular weight is 329 g/mol. The summed E-state index contributed by atoms with van der Waals surface area (Å²) in [4.78, 5) is 14.7. The molecule has 0 bridgehead atoms. The number of pyridine rings is 1. The van der Waals surface area contributed by atoms with Crippen LogP contribution in [0.3, 0.4) is 0 Å². The molecule has 1 heterocycles. The Morgan fingerprint density at radius 1 is 1.36 bits per heavy atom. The Bertz CT molecular complexity index is 533. The van der Waals surface area contributed by atoms with E-state index in [9.17, 15) is 26.7 Å². The number of halogens is 5. The van der Waals surface area contributed by atoms with Crippen LogP contribution in [0.4, 0.5) is 22.0 Å². The fourth-order valence-corrected chi connectivity index (χ4v) is 1.58. The van der Waals surface area contributed by atoms with E-state index in [1.54, 1.807) is 0 Å². The number of esters is 1. The van der Waals surface area contributed by atoms with Crippen LogP contribution in [0.1, 0.15) is 24.6 Å². The van der Waals surface area contributed by atoms with Gasteiger partial charge in [-0.1, -0.05) is 0 Å². The number of aromatic nitrogens is 1. The summed E-state index contributed by atoms with van der Waals surface area (Å²) in [6, 6.07) is 0.768. The van der Waals surface area contributed by atoms with Crippen LogP contribution in [-0.2, 0) is 16.0 Å². The van der Waals surface area contributed by atoms with Crippen molar-refractivity contribution in [1.29, 1.82) is 0 Å². The largest absolute Gasteiger partial charge is 0.574 e. The first-order chi connectivity index (χ1) is 10.2. The van der Waals surface area contributed by atoms with Crippen molar-refractivity contribution in [2.45, 2.75) is 26.1 Å². The smallest absolute Gasteiger partial charge is 0.491 e. The van der Waals surface area contributed by atoms with E-state index in [0.717, 1.165) is 13.2 Å². The van der Waals surface area contributed by atoms with Crippen LogP contribution in [0.15, 0.2) is 6.07 Å². The monoisotopic (exact) mass is 329 g/mol. The van der Waals surface area contributed by atoms with Gasteiger partial charge in [-0.25, -0.2) is 13.8 Å². The molecular formula is C12H12F5NO4. The summed E-state index contributed by atoms with van der Waals surface area (Å²) in [7, 11) is 0.900. The molecule has 0 N–H and O–H groups in total. The van der Waals surface area contributed by atoms with Crippen molar-refractivity contribution in [1.82, 2.24) is 4.98 Å². The topological polar surface area (TPSA) is 57.7 Å². The molecule has 0 saturated carbocycles. The third kappa shape index (κ3) is 5.01. The number of hydrogen-bond donors (Lipinski definition) is 0. The lowest BCUT2D eigenvalue weighted by Gasteiger charge is -2.16. The first kappa shape index (κ1) is 17.9. The van der Waals surface area contributed by atoms with Crippen molar-refractivity contribution in [2.75, 3.05) is 13.7 Å². The highest BCUT2D eigenvalue weighted by molar-refractivity contribution is 5.72. The Balaban J connectivity index is 3.27. The number of carbonyl (C=O) groups is 1. The second kappa shape index (κ2) is 7.23. The van der Waals surface area contributed by atoms with Crippen molar-refractivity contribution >= 4 is 5.97 Å². The van der Waals surface area contributed by atoms with Gasteiger partial charge in [0.25, 0.3) is 12.3 Å². The number of carbonyl (C=O) groups excluding carboxylic acids is 1. The molecule has 22 heavy (non-hydrogen) atoms. The molecule has 0 fully saturated rings. The minimum atomic E-state index is -5.15. The molecule has 0 radical (unpaired) electrons. The minimum absolute atomic E-state index is 0.0304. The SMILES string of the molecule is CCOC(=O)Cc1cc(C(F)F)c(OC)c(OC(F)(F)F)n1. The van der Waals surface area contributed by atoms with Gasteiger partial charge in [-0.3, -0.25) is 4.79 Å².